The number of fused-ring (bicyclic) bond motifs is 1. The van der Waals surface area contributed by atoms with Crippen molar-refractivity contribution in [1.29, 1.82) is 0 Å². The van der Waals surface area contributed by atoms with E-state index >= 15 is 0 Å². The van der Waals surface area contributed by atoms with Crippen LogP contribution < -0.4 is 13.8 Å². The highest BCUT2D eigenvalue weighted by Crippen LogP contribution is 2.39. The Morgan fingerprint density at radius 1 is 1.11 bits per heavy atom. The molecule has 0 aromatic heterocycles. The molecule has 0 unspecified atom stereocenters. The highest BCUT2D eigenvalue weighted by molar-refractivity contribution is 7.92. The summed E-state index contributed by atoms with van der Waals surface area (Å²) in [6.07, 6.45) is -1.10. The fraction of sp³-hybridized carbons (Fsp3) is 0.417. The Kier molecular flexibility index (Phi) is 7.59. The average Bonchev–Trinajstić information content (AvgIpc) is 2.77. The summed E-state index contributed by atoms with van der Waals surface area (Å²) in [5, 5.41) is 0. The van der Waals surface area contributed by atoms with Crippen LogP contribution in [0.3, 0.4) is 0 Å². The van der Waals surface area contributed by atoms with E-state index in [1.165, 1.54) is 26.4 Å². The lowest BCUT2D eigenvalue weighted by Crippen LogP contribution is -2.44. The standard InChI is InChI=1S/C24H28FNO8S/c1-24(2,3)34-23(28)11-15-6-9-20-19(10-15)26(14-16(33-20)12-22(27)32-5)35(29,30)17-7-8-18(25)21(13-17)31-4/h6-10,13,16H,11-12,14H2,1-5H3/t16-/m0/s1. The first kappa shape index (κ1) is 26.3. The zero-order valence-electron chi connectivity index (χ0n) is 20.2. The van der Waals surface area contributed by atoms with Gasteiger partial charge in [0.25, 0.3) is 10.0 Å². The first-order chi connectivity index (χ1) is 16.3. The Balaban J connectivity index is 2.03. The maximum absolute atomic E-state index is 13.9. The van der Waals surface area contributed by atoms with Crippen molar-refractivity contribution in [3.8, 4) is 11.5 Å². The minimum atomic E-state index is -4.24. The predicted molar refractivity (Wildman–Crippen MR) is 125 cm³/mol. The highest BCUT2D eigenvalue weighted by atomic mass is 32.2. The van der Waals surface area contributed by atoms with Gasteiger partial charge in [0.05, 0.1) is 44.2 Å². The smallest absolute Gasteiger partial charge is 0.310 e. The number of hydrogen-bond acceptors (Lipinski definition) is 8. The van der Waals surface area contributed by atoms with E-state index in [4.69, 9.17) is 18.9 Å². The number of esters is 2. The van der Waals surface area contributed by atoms with Gasteiger partial charge in [-0.25, -0.2) is 12.8 Å². The summed E-state index contributed by atoms with van der Waals surface area (Å²) in [6, 6.07) is 7.88. The van der Waals surface area contributed by atoms with Gasteiger partial charge < -0.3 is 18.9 Å². The van der Waals surface area contributed by atoms with Crippen LogP contribution in [0.4, 0.5) is 10.1 Å². The number of hydrogen-bond donors (Lipinski definition) is 0. The number of halogens is 1. The quantitative estimate of drug-likeness (QED) is 0.524. The number of sulfonamides is 1. The molecule has 1 atom stereocenters. The summed E-state index contributed by atoms with van der Waals surface area (Å²) in [6.45, 7) is 5.04. The monoisotopic (exact) mass is 509 g/mol. The summed E-state index contributed by atoms with van der Waals surface area (Å²) >= 11 is 0. The number of ether oxygens (including phenoxy) is 4. The van der Waals surface area contributed by atoms with E-state index in [1.54, 1.807) is 26.8 Å². The summed E-state index contributed by atoms with van der Waals surface area (Å²) in [7, 11) is -1.78. The molecule has 0 saturated carbocycles. The van der Waals surface area contributed by atoms with Gasteiger partial charge in [-0.3, -0.25) is 13.9 Å². The van der Waals surface area contributed by atoms with Gasteiger partial charge in [0, 0.05) is 6.07 Å². The van der Waals surface area contributed by atoms with Crippen LogP contribution >= 0.6 is 0 Å². The Morgan fingerprint density at radius 3 is 2.46 bits per heavy atom. The third kappa shape index (κ3) is 6.21. The Labute approximate surface area is 203 Å². The minimum Gasteiger partial charge on any atom is -0.494 e. The fourth-order valence-electron chi connectivity index (χ4n) is 3.54. The minimum absolute atomic E-state index is 0.0889. The largest absolute Gasteiger partial charge is 0.494 e. The molecule has 1 heterocycles. The van der Waals surface area contributed by atoms with Crippen LogP contribution in [0.5, 0.6) is 11.5 Å². The van der Waals surface area contributed by atoms with Crippen LogP contribution in [0.25, 0.3) is 0 Å². The molecule has 190 valence electrons. The molecular formula is C24H28FNO8S. The van der Waals surface area contributed by atoms with E-state index in [1.807, 2.05) is 0 Å². The van der Waals surface area contributed by atoms with Gasteiger partial charge in [0.2, 0.25) is 0 Å². The molecule has 3 rings (SSSR count). The molecular weight excluding hydrogens is 481 g/mol. The second-order valence-electron chi connectivity index (χ2n) is 8.92. The third-order valence-electron chi connectivity index (χ3n) is 5.06. The van der Waals surface area contributed by atoms with Crippen molar-refractivity contribution in [1.82, 2.24) is 0 Å². The molecule has 2 aromatic rings. The second-order valence-corrected chi connectivity index (χ2v) is 10.8. The Morgan fingerprint density at radius 2 is 1.83 bits per heavy atom. The number of methoxy groups -OCH3 is 2. The van der Waals surface area contributed by atoms with Gasteiger partial charge in [-0.1, -0.05) is 6.07 Å². The van der Waals surface area contributed by atoms with Gasteiger partial charge in [0.15, 0.2) is 11.6 Å². The van der Waals surface area contributed by atoms with Crippen molar-refractivity contribution < 1.29 is 41.3 Å². The third-order valence-corrected chi connectivity index (χ3v) is 6.83. The Hall–Kier alpha value is -3.34. The molecule has 0 bridgehead atoms. The topological polar surface area (TPSA) is 108 Å². The molecule has 1 aliphatic heterocycles. The zero-order chi connectivity index (χ0) is 26.0. The van der Waals surface area contributed by atoms with Crippen molar-refractivity contribution in [3.05, 3.63) is 47.8 Å². The molecule has 9 nitrogen and oxygen atoms in total. The van der Waals surface area contributed by atoms with Crippen LogP contribution in [0.1, 0.15) is 32.8 Å². The van der Waals surface area contributed by atoms with Gasteiger partial charge in [-0.05, 0) is 50.6 Å². The number of anilines is 1. The lowest BCUT2D eigenvalue weighted by Gasteiger charge is -2.35. The van der Waals surface area contributed by atoms with Crippen molar-refractivity contribution in [2.24, 2.45) is 0 Å². The fourth-order valence-corrected chi connectivity index (χ4v) is 5.06. The number of rotatable bonds is 7. The highest BCUT2D eigenvalue weighted by Gasteiger charge is 2.36. The van der Waals surface area contributed by atoms with E-state index in [-0.39, 0.29) is 41.5 Å². The van der Waals surface area contributed by atoms with Crippen molar-refractivity contribution in [2.45, 2.75) is 50.2 Å². The molecule has 0 spiro atoms. The Bertz CT molecular complexity index is 1220. The van der Waals surface area contributed by atoms with Crippen LogP contribution in [-0.4, -0.2) is 52.8 Å². The first-order valence-electron chi connectivity index (χ1n) is 10.8. The van der Waals surface area contributed by atoms with Gasteiger partial charge in [-0.15, -0.1) is 0 Å². The molecule has 0 saturated heterocycles. The molecule has 11 heteroatoms. The maximum Gasteiger partial charge on any atom is 0.310 e. The second kappa shape index (κ2) is 10.1. The van der Waals surface area contributed by atoms with Crippen LogP contribution in [0.15, 0.2) is 41.3 Å². The number of nitrogens with zero attached hydrogens (tertiary/aromatic N) is 1. The van der Waals surface area contributed by atoms with Crippen molar-refractivity contribution in [2.75, 3.05) is 25.1 Å². The van der Waals surface area contributed by atoms with E-state index in [0.29, 0.717) is 5.56 Å². The number of benzene rings is 2. The summed E-state index contributed by atoms with van der Waals surface area (Å²) in [4.78, 5) is 24.0. The molecule has 2 aromatic carbocycles. The summed E-state index contributed by atoms with van der Waals surface area (Å²) in [5.74, 6) is -1.78. The first-order valence-corrected chi connectivity index (χ1v) is 12.2. The summed E-state index contributed by atoms with van der Waals surface area (Å²) < 4.78 is 63.1. The van der Waals surface area contributed by atoms with Gasteiger partial charge >= 0.3 is 11.9 Å². The van der Waals surface area contributed by atoms with E-state index in [2.05, 4.69) is 0 Å². The molecule has 35 heavy (non-hydrogen) atoms. The van der Waals surface area contributed by atoms with Crippen LogP contribution in [0.2, 0.25) is 0 Å². The summed E-state index contributed by atoms with van der Waals surface area (Å²) in [5.41, 5.74) is 0.00682. The van der Waals surface area contributed by atoms with E-state index in [0.717, 1.165) is 22.5 Å². The molecule has 1 aliphatic rings. The van der Waals surface area contributed by atoms with Crippen LogP contribution in [0, 0.1) is 5.82 Å². The zero-order valence-corrected chi connectivity index (χ0v) is 21.0. The predicted octanol–water partition coefficient (Wildman–Crippen LogP) is 3.24. The van der Waals surface area contributed by atoms with E-state index in [9.17, 15) is 22.4 Å². The van der Waals surface area contributed by atoms with Crippen molar-refractivity contribution in [3.63, 3.8) is 0 Å². The van der Waals surface area contributed by atoms with Gasteiger partial charge in [-0.2, -0.15) is 0 Å². The van der Waals surface area contributed by atoms with Gasteiger partial charge in [0.1, 0.15) is 17.5 Å². The lowest BCUT2D eigenvalue weighted by atomic mass is 10.1. The normalized spacial score (nSPS) is 15.6. The van der Waals surface area contributed by atoms with Crippen LogP contribution in [-0.2, 0) is 35.5 Å². The average molecular weight is 510 g/mol. The SMILES string of the molecule is COC(=O)C[C@H]1CN(S(=O)(=O)c2ccc(F)c(OC)c2)c2cc(CC(=O)OC(C)(C)C)ccc2O1. The molecule has 0 radical (unpaired) electrons. The molecule has 0 aliphatic carbocycles. The van der Waals surface area contributed by atoms with E-state index < -0.39 is 39.5 Å². The maximum atomic E-state index is 13.9. The number of carbonyl (C=O) groups is 2. The molecule has 0 N–H and O–H groups in total. The molecule has 0 fully saturated rings. The molecule has 0 amide bonds. The van der Waals surface area contributed by atoms with Crippen molar-refractivity contribution >= 4 is 27.6 Å². The lowest BCUT2D eigenvalue weighted by molar-refractivity contribution is -0.154. The number of carbonyl (C=O) groups excluding carboxylic acids is 2.